The summed E-state index contributed by atoms with van der Waals surface area (Å²) in [6, 6.07) is 6.04. The molecule has 0 spiro atoms. The van der Waals surface area contributed by atoms with Crippen molar-refractivity contribution < 1.29 is 22.9 Å². The van der Waals surface area contributed by atoms with Gasteiger partial charge in [-0.25, -0.2) is 9.78 Å². The van der Waals surface area contributed by atoms with E-state index in [1.54, 1.807) is 16.0 Å². The zero-order chi connectivity index (χ0) is 25.0. The van der Waals surface area contributed by atoms with E-state index in [0.29, 0.717) is 12.6 Å². The predicted molar refractivity (Wildman–Crippen MR) is 124 cm³/mol. The Morgan fingerprint density at radius 1 is 1.03 bits per heavy atom. The van der Waals surface area contributed by atoms with E-state index in [4.69, 9.17) is 0 Å². The quantitative estimate of drug-likeness (QED) is 0.500. The zero-order valence-electron chi connectivity index (χ0n) is 19.1. The second-order valence-electron chi connectivity index (χ2n) is 8.63. The fraction of sp³-hybridized carbons (Fsp3) is 0.478. The highest BCUT2D eigenvalue weighted by Crippen LogP contribution is 2.36. The summed E-state index contributed by atoms with van der Waals surface area (Å²) >= 11 is 0. The van der Waals surface area contributed by atoms with E-state index >= 15 is 0 Å². The number of anilines is 2. The lowest BCUT2D eigenvalue weighted by Gasteiger charge is -2.36. The third-order valence-corrected chi connectivity index (χ3v) is 6.36. The van der Waals surface area contributed by atoms with E-state index < -0.39 is 22.4 Å². The van der Waals surface area contributed by atoms with Gasteiger partial charge in [0, 0.05) is 63.6 Å². The van der Waals surface area contributed by atoms with E-state index in [0.717, 1.165) is 49.4 Å². The van der Waals surface area contributed by atoms with Crippen molar-refractivity contribution in [2.75, 3.05) is 49.1 Å². The number of nitro groups is 1. The number of aromatic nitrogens is 1. The van der Waals surface area contributed by atoms with Gasteiger partial charge in [0.2, 0.25) is 0 Å². The number of halogens is 3. The van der Waals surface area contributed by atoms with E-state index in [9.17, 15) is 28.1 Å². The van der Waals surface area contributed by atoms with Crippen molar-refractivity contribution in [3.63, 3.8) is 0 Å². The Morgan fingerprint density at radius 2 is 1.74 bits per heavy atom. The first-order chi connectivity index (χ1) is 16.7. The number of carbonyl (C=O) groups is 1. The molecule has 2 aliphatic heterocycles. The molecule has 0 radical (unpaired) electrons. The van der Waals surface area contributed by atoms with Crippen molar-refractivity contribution >= 4 is 23.2 Å². The van der Waals surface area contributed by atoms with Gasteiger partial charge in [-0.05, 0) is 37.5 Å². The van der Waals surface area contributed by atoms with Crippen LogP contribution >= 0.6 is 0 Å². The SMILES string of the molecule is O=C(NCc1cccnc1N1CCCCC1)N1CCN(c2ccc(C(F)(F)F)cc2[N+](=O)[O-])CC1. The lowest BCUT2D eigenvalue weighted by molar-refractivity contribution is -0.384. The number of piperazine rings is 1. The van der Waals surface area contributed by atoms with Crippen LogP contribution in [0.15, 0.2) is 36.5 Å². The number of amides is 2. The highest BCUT2D eigenvalue weighted by atomic mass is 19.4. The molecule has 12 heteroatoms. The number of urea groups is 1. The van der Waals surface area contributed by atoms with Gasteiger partial charge in [-0.3, -0.25) is 10.1 Å². The molecule has 2 saturated heterocycles. The molecule has 188 valence electrons. The van der Waals surface area contributed by atoms with Crippen molar-refractivity contribution in [1.29, 1.82) is 0 Å². The fourth-order valence-corrected chi connectivity index (χ4v) is 4.51. The van der Waals surface area contributed by atoms with Crippen molar-refractivity contribution in [2.45, 2.75) is 32.0 Å². The van der Waals surface area contributed by atoms with Crippen LogP contribution in [-0.2, 0) is 12.7 Å². The fourth-order valence-electron chi connectivity index (χ4n) is 4.51. The van der Waals surface area contributed by atoms with Crippen molar-refractivity contribution in [3.05, 3.63) is 57.8 Å². The number of hydrogen-bond donors (Lipinski definition) is 1. The van der Waals surface area contributed by atoms with Crippen LogP contribution in [-0.4, -0.2) is 60.1 Å². The lowest BCUT2D eigenvalue weighted by atomic mass is 10.1. The van der Waals surface area contributed by atoms with E-state index in [2.05, 4.69) is 15.2 Å². The molecule has 2 aliphatic rings. The third kappa shape index (κ3) is 5.75. The van der Waals surface area contributed by atoms with Gasteiger partial charge < -0.3 is 20.0 Å². The van der Waals surface area contributed by atoms with Crippen LogP contribution in [0.4, 0.5) is 35.2 Å². The summed E-state index contributed by atoms with van der Waals surface area (Å²) in [6.45, 7) is 3.32. The number of rotatable bonds is 5. The number of nitrogens with zero attached hydrogens (tertiary/aromatic N) is 5. The van der Waals surface area contributed by atoms with E-state index in [1.807, 2.05) is 12.1 Å². The summed E-state index contributed by atoms with van der Waals surface area (Å²) in [5, 5.41) is 14.3. The normalized spacial score (nSPS) is 16.8. The lowest BCUT2D eigenvalue weighted by Crippen LogP contribution is -2.51. The molecule has 0 bridgehead atoms. The summed E-state index contributed by atoms with van der Waals surface area (Å²) in [4.78, 5) is 33.3. The molecule has 3 heterocycles. The molecule has 1 aromatic heterocycles. The van der Waals surface area contributed by atoms with Gasteiger partial charge in [0.15, 0.2) is 0 Å². The molecular weight excluding hydrogens is 465 g/mol. The Morgan fingerprint density at radius 3 is 2.40 bits per heavy atom. The Hall–Kier alpha value is -3.57. The Labute approximate surface area is 200 Å². The van der Waals surface area contributed by atoms with Crippen LogP contribution in [0.25, 0.3) is 0 Å². The average molecular weight is 493 g/mol. The largest absolute Gasteiger partial charge is 0.416 e. The minimum Gasteiger partial charge on any atom is -0.362 e. The molecule has 1 N–H and O–H groups in total. The molecule has 2 fully saturated rings. The highest BCUT2D eigenvalue weighted by molar-refractivity contribution is 5.75. The van der Waals surface area contributed by atoms with Crippen LogP contribution in [0.3, 0.4) is 0 Å². The summed E-state index contributed by atoms with van der Waals surface area (Å²) in [7, 11) is 0. The molecule has 0 atom stereocenters. The van der Waals surface area contributed by atoms with E-state index in [-0.39, 0.29) is 37.9 Å². The second-order valence-corrected chi connectivity index (χ2v) is 8.63. The maximum Gasteiger partial charge on any atom is 0.416 e. The monoisotopic (exact) mass is 492 g/mol. The predicted octanol–water partition coefficient (Wildman–Crippen LogP) is 4.03. The number of hydrogen-bond acceptors (Lipinski definition) is 6. The Bertz CT molecular complexity index is 1070. The highest BCUT2D eigenvalue weighted by Gasteiger charge is 2.34. The van der Waals surface area contributed by atoms with Gasteiger partial charge >= 0.3 is 12.2 Å². The molecule has 9 nitrogen and oxygen atoms in total. The first kappa shape index (κ1) is 24.6. The van der Waals surface area contributed by atoms with Crippen LogP contribution in [0.2, 0.25) is 0 Å². The standard InChI is InChI=1S/C23H27F3N6O3/c24-23(25,26)18-6-7-19(20(15-18)32(34)35)29-11-13-31(14-12-29)22(33)28-16-17-5-4-8-27-21(17)30-9-2-1-3-10-30/h4-8,15H,1-3,9-14,16H2,(H,28,33). The van der Waals surface area contributed by atoms with Crippen LogP contribution in [0, 0.1) is 10.1 Å². The molecule has 0 saturated carbocycles. The van der Waals surface area contributed by atoms with Gasteiger partial charge in [-0.15, -0.1) is 0 Å². The molecule has 35 heavy (non-hydrogen) atoms. The molecule has 0 aliphatic carbocycles. The van der Waals surface area contributed by atoms with Crippen molar-refractivity contribution in [2.24, 2.45) is 0 Å². The number of benzene rings is 1. The summed E-state index contributed by atoms with van der Waals surface area (Å²) in [6.07, 6.45) is 0.516. The first-order valence-electron chi connectivity index (χ1n) is 11.6. The molecule has 2 aromatic rings. The van der Waals surface area contributed by atoms with Crippen LogP contribution in [0.5, 0.6) is 0 Å². The molecule has 0 unspecified atom stereocenters. The van der Waals surface area contributed by atoms with Crippen LogP contribution < -0.4 is 15.1 Å². The van der Waals surface area contributed by atoms with Crippen molar-refractivity contribution in [1.82, 2.24) is 15.2 Å². The molecular formula is C23H27F3N6O3. The van der Waals surface area contributed by atoms with Gasteiger partial charge in [-0.1, -0.05) is 6.07 Å². The second kappa shape index (κ2) is 10.4. The number of pyridine rings is 1. The zero-order valence-corrected chi connectivity index (χ0v) is 19.1. The summed E-state index contributed by atoms with van der Waals surface area (Å²) in [5.41, 5.74) is -0.615. The third-order valence-electron chi connectivity index (χ3n) is 6.36. The molecule has 2 amide bonds. The number of nitrogens with one attached hydrogen (secondary N) is 1. The maximum atomic E-state index is 13.0. The van der Waals surface area contributed by atoms with Crippen LogP contribution in [0.1, 0.15) is 30.4 Å². The summed E-state index contributed by atoms with van der Waals surface area (Å²) < 4.78 is 38.9. The minimum absolute atomic E-state index is 0.115. The van der Waals surface area contributed by atoms with Gasteiger partial charge in [-0.2, -0.15) is 13.2 Å². The van der Waals surface area contributed by atoms with E-state index in [1.165, 1.54) is 6.42 Å². The Balaban J connectivity index is 1.36. The molecule has 4 rings (SSSR count). The average Bonchev–Trinajstić information content (AvgIpc) is 2.87. The topological polar surface area (TPSA) is 94.9 Å². The van der Waals surface area contributed by atoms with Gasteiger partial charge in [0.25, 0.3) is 5.69 Å². The number of alkyl halides is 3. The molecule has 1 aromatic carbocycles. The van der Waals surface area contributed by atoms with Crippen molar-refractivity contribution in [3.8, 4) is 0 Å². The minimum atomic E-state index is -4.66. The number of nitro benzene ring substituents is 1. The number of piperidine rings is 1. The first-order valence-corrected chi connectivity index (χ1v) is 11.6. The summed E-state index contributed by atoms with van der Waals surface area (Å²) in [5.74, 6) is 0.881. The van der Waals surface area contributed by atoms with Gasteiger partial charge in [0.05, 0.1) is 10.5 Å². The smallest absolute Gasteiger partial charge is 0.362 e. The van der Waals surface area contributed by atoms with Gasteiger partial charge in [0.1, 0.15) is 11.5 Å². The maximum absolute atomic E-state index is 13.0. The Kier molecular flexibility index (Phi) is 7.27. The number of carbonyl (C=O) groups excluding carboxylic acids is 1.